The molecule has 4 heterocycles. The molecule has 14 nitrogen and oxygen atoms in total. The number of epoxide rings is 4. The summed E-state index contributed by atoms with van der Waals surface area (Å²) in [7, 11) is 0. The maximum atomic E-state index is 6.59. The van der Waals surface area contributed by atoms with Gasteiger partial charge in [0.2, 0.25) is 0 Å². The standard InChI is InChI=1S/C44H49O14S/c1-2-59(57-35(27-53-41-15-7-3-11-37(41)49-23-31-19-45-31)28-54-42-16-8-4-12-38(42)50-24-32-20-46-32)58-36(29-55-43-17-9-5-13-39(43)51-25-33-21-47-33)30-56-44-18-10-6-14-40(44)52-26-34-22-48-34/h2-18,31-36H,1,19-30H2/q+1. The molecule has 0 bridgehead atoms. The van der Waals surface area contributed by atoms with E-state index in [0.717, 1.165) is 0 Å². The first-order valence-corrected chi connectivity index (χ1v) is 20.8. The molecule has 4 aliphatic rings. The fourth-order valence-corrected chi connectivity index (χ4v) is 6.41. The van der Waals surface area contributed by atoms with Gasteiger partial charge in [-0.15, -0.1) is 8.37 Å². The van der Waals surface area contributed by atoms with E-state index in [1.165, 1.54) is 0 Å². The largest absolute Gasteiger partial charge is 0.487 e. The second-order valence-electron chi connectivity index (χ2n) is 14.0. The predicted molar refractivity (Wildman–Crippen MR) is 216 cm³/mol. The minimum absolute atomic E-state index is 0.0858. The fraction of sp³-hybridized carbons (Fsp3) is 0.409. The molecule has 4 aromatic rings. The van der Waals surface area contributed by atoms with Gasteiger partial charge >= 0.3 is 11.5 Å². The van der Waals surface area contributed by atoms with Crippen molar-refractivity contribution >= 4 is 11.5 Å². The lowest BCUT2D eigenvalue weighted by atomic mass is 10.3. The Bertz CT molecular complexity index is 1660. The Morgan fingerprint density at radius 1 is 0.424 bits per heavy atom. The Labute approximate surface area is 346 Å². The second-order valence-corrected chi connectivity index (χ2v) is 15.2. The summed E-state index contributed by atoms with van der Waals surface area (Å²) in [6.45, 7) is 8.86. The molecule has 15 heteroatoms. The lowest BCUT2D eigenvalue weighted by molar-refractivity contribution is 0.0521. The highest BCUT2D eigenvalue weighted by Crippen LogP contribution is 2.32. The van der Waals surface area contributed by atoms with Crippen LogP contribution in [-0.2, 0) is 38.8 Å². The van der Waals surface area contributed by atoms with Crippen LogP contribution in [0.15, 0.2) is 109 Å². The highest BCUT2D eigenvalue weighted by molar-refractivity contribution is 7.90. The first kappa shape index (κ1) is 40.9. The molecule has 0 N–H and O–H groups in total. The summed E-state index contributed by atoms with van der Waals surface area (Å²) in [6, 6.07) is 29.9. The van der Waals surface area contributed by atoms with Crippen molar-refractivity contribution in [3.63, 3.8) is 0 Å². The Morgan fingerprint density at radius 2 is 0.644 bits per heavy atom. The van der Waals surface area contributed by atoms with E-state index in [2.05, 4.69) is 6.58 Å². The molecule has 0 aromatic heterocycles. The quantitative estimate of drug-likeness (QED) is 0.0482. The van der Waals surface area contributed by atoms with Gasteiger partial charge in [-0.05, 0) is 55.1 Å². The molecule has 59 heavy (non-hydrogen) atoms. The third-order valence-corrected chi connectivity index (χ3v) is 10.2. The van der Waals surface area contributed by atoms with E-state index in [9.17, 15) is 0 Å². The SMILES string of the molecule is C=C[S+](OC(COc1ccccc1OCC1CO1)COc1ccccc1OCC1CO1)OC(COc1ccccc1OCC1CO1)COc1ccccc1OCC1CO1. The van der Waals surface area contributed by atoms with E-state index in [1.807, 2.05) is 97.1 Å². The molecule has 4 atom stereocenters. The van der Waals surface area contributed by atoms with Crippen molar-refractivity contribution in [2.45, 2.75) is 36.6 Å². The van der Waals surface area contributed by atoms with Gasteiger partial charge in [-0.3, -0.25) is 0 Å². The molecule has 0 amide bonds. The van der Waals surface area contributed by atoms with Gasteiger partial charge < -0.3 is 56.8 Å². The molecule has 0 spiro atoms. The number of para-hydroxylation sites is 8. The van der Waals surface area contributed by atoms with Crippen LogP contribution in [-0.4, -0.2) is 116 Å². The Hall–Kier alpha value is -4.87. The first-order chi connectivity index (χ1) is 29.1. The van der Waals surface area contributed by atoms with Crippen molar-refractivity contribution in [3.05, 3.63) is 109 Å². The number of benzene rings is 4. The number of ether oxygens (including phenoxy) is 12. The van der Waals surface area contributed by atoms with Crippen LogP contribution in [0.25, 0.3) is 0 Å². The maximum absolute atomic E-state index is 6.59. The third-order valence-electron chi connectivity index (χ3n) is 9.00. The number of hydrogen-bond acceptors (Lipinski definition) is 14. The summed E-state index contributed by atoms with van der Waals surface area (Å²) < 4.78 is 83.9. The Balaban J connectivity index is 0.967. The Morgan fingerprint density at radius 3 is 0.847 bits per heavy atom. The lowest BCUT2D eigenvalue weighted by Gasteiger charge is -2.21. The summed E-state index contributed by atoms with van der Waals surface area (Å²) in [4.78, 5) is 0. The average Bonchev–Trinajstić information content (AvgIpc) is 4.06. The van der Waals surface area contributed by atoms with Gasteiger partial charge in [-0.1, -0.05) is 48.5 Å². The average molecular weight is 834 g/mol. The molecular weight excluding hydrogens is 785 g/mol. The van der Waals surface area contributed by atoms with Crippen molar-refractivity contribution < 1.29 is 65.2 Å². The summed E-state index contributed by atoms with van der Waals surface area (Å²) in [5, 5.41) is 1.60. The molecule has 0 saturated carbocycles. The smallest absolute Gasteiger partial charge is 0.348 e. The van der Waals surface area contributed by atoms with Gasteiger partial charge in [0.25, 0.3) is 0 Å². The first-order valence-electron chi connectivity index (χ1n) is 19.7. The van der Waals surface area contributed by atoms with Crippen LogP contribution < -0.4 is 37.9 Å². The van der Waals surface area contributed by atoms with Crippen LogP contribution in [0.5, 0.6) is 46.0 Å². The van der Waals surface area contributed by atoms with Crippen molar-refractivity contribution in [1.29, 1.82) is 0 Å². The molecule has 4 aromatic carbocycles. The zero-order valence-electron chi connectivity index (χ0n) is 32.6. The molecule has 4 fully saturated rings. The summed E-state index contributed by atoms with van der Waals surface area (Å²) in [6.07, 6.45) is -0.959. The second kappa shape index (κ2) is 20.9. The van der Waals surface area contributed by atoms with Gasteiger partial charge in [0.05, 0.1) is 26.4 Å². The van der Waals surface area contributed by atoms with Gasteiger partial charge in [0.15, 0.2) is 63.6 Å². The highest BCUT2D eigenvalue weighted by atomic mass is 32.2. The van der Waals surface area contributed by atoms with Gasteiger partial charge in [0, 0.05) is 0 Å². The zero-order valence-corrected chi connectivity index (χ0v) is 33.4. The van der Waals surface area contributed by atoms with Crippen LogP contribution in [0, 0.1) is 0 Å². The number of rotatable bonds is 29. The molecule has 0 radical (unpaired) electrons. The predicted octanol–water partition coefficient (Wildman–Crippen LogP) is 5.78. The Kier molecular flexibility index (Phi) is 14.5. The molecule has 4 unspecified atom stereocenters. The third kappa shape index (κ3) is 13.6. The van der Waals surface area contributed by atoms with E-state index in [1.54, 1.807) is 5.41 Å². The highest BCUT2D eigenvalue weighted by Gasteiger charge is 2.34. The molecule has 4 aliphatic heterocycles. The van der Waals surface area contributed by atoms with Crippen LogP contribution in [0.1, 0.15) is 0 Å². The molecule has 314 valence electrons. The van der Waals surface area contributed by atoms with Crippen molar-refractivity contribution in [3.8, 4) is 46.0 Å². The van der Waals surface area contributed by atoms with E-state index in [4.69, 9.17) is 65.2 Å². The van der Waals surface area contributed by atoms with Gasteiger partial charge in [-0.2, -0.15) is 0 Å². The van der Waals surface area contributed by atoms with E-state index in [-0.39, 0.29) is 50.8 Å². The van der Waals surface area contributed by atoms with Gasteiger partial charge in [0.1, 0.15) is 77.3 Å². The fourth-order valence-electron chi connectivity index (χ4n) is 5.45. The minimum Gasteiger partial charge on any atom is -0.487 e. The van der Waals surface area contributed by atoms with Crippen LogP contribution in [0.4, 0.5) is 0 Å². The topological polar surface area (TPSA) is 142 Å². The van der Waals surface area contributed by atoms with Crippen LogP contribution >= 0.6 is 0 Å². The lowest BCUT2D eigenvalue weighted by Crippen LogP contribution is -2.36. The maximum Gasteiger partial charge on any atom is 0.348 e. The minimum atomic E-state index is -1.30. The zero-order chi connectivity index (χ0) is 40.1. The molecule has 4 saturated heterocycles. The summed E-state index contributed by atoms with van der Waals surface area (Å²) in [5.74, 6) is 4.60. The number of hydrogen-bond donors (Lipinski definition) is 0. The van der Waals surface area contributed by atoms with Crippen LogP contribution in [0.2, 0.25) is 0 Å². The van der Waals surface area contributed by atoms with E-state index < -0.39 is 23.7 Å². The van der Waals surface area contributed by atoms with Crippen molar-refractivity contribution in [1.82, 2.24) is 0 Å². The molecule has 0 aliphatic carbocycles. The van der Waals surface area contributed by atoms with Crippen LogP contribution in [0.3, 0.4) is 0 Å². The molecule has 8 rings (SSSR count). The summed E-state index contributed by atoms with van der Waals surface area (Å²) >= 11 is -1.30. The van der Waals surface area contributed by atoms with Gasteiger partial charge in [-0.25, -0.2) is 0 Å². The molecular formula is C44H49O14S+. The monoisotopic (exact) mass is 833 g/mol. The van der Waals surface area contributed by atoms with E-state index >= 15 is 0 Å². The van der Waals surface area contributed by atoms with Crippen molar-refractivity contribution in [2.24, 2.45) is 0 Å². The summed E-state index contributed by atoms with van der Waals surface area (Å²) in [5.41, 5.74) is 0. The normalized spacial score (nSPS) is 21.2. The van der Waals surface area contributed by atoms with Crippen molar-refractivity contribution in [2.75, 3.05) is 79.3 Å². The van der Waals surface area contributed by atoms with E-state index in [0.29, 0.717) is 98.9 Å².